The summed E-state index contributed by atoms with van der Waals surface area (Å²) < 4.78 is 5.88. The molecule has 0 aliphatic rings. The smallest absolute Gasteiger partial charge is 0.306 e. The lowest BCUT2D eigenvalue weighted by molar-refractivity contribution is -0.151. The number of allylic oxidation sites excluding steroid dienone is 4. The second kappa shape index (κ2) is 43.5. The molecule has 0 aliphatic heterocycles. The van der Waals surface area contributed by atoms with Gasteiger partial charge in [0, 0.05) is 6.42 Å². The van der Waals surface area contributed by atoms with E-state index in [1.807, 2.05) is 0 Å². The summed E-state index contributed by atoms with van der Waals surface area (Å²) in [5, 5.41) is 23.6. The number of aliphatic hydroxyl groups is 2. The molecular formula is C49H93NO5. The van der Waals surface area contributed by atoms with Crippen LogP contribution < -0.4 is 5.32 Å². The highest BCUT2D eigenvalue weighted by Crippen LogP contribution is 2.17. The predicted molar refractivity (Wildman–Crippen MR) is 236 cm³/mol. The molecule has 0 aromatic carbocycles. The molecule has 0 bridgehead atoms. The van der Waals surface area contributed by atoms with Crippen LogP contribution in [-0.2, 0) is 14.3 Å². The highest BCUT2D eigenvalue weighted by atomic mass is 16.5. The first kappa shape index (κ1) is 53.3. The number of hydrogen-bond donors (Lipinski definition) is 3. The van der Waals surface area contributed by atoms with E-state index < -0.39 is 18.2 Å². The SMILES string of the molecule is CCC/C=C\CCCCCC(CC(=O)NC(CO)C(O)CCCCCCCCCCCCC)OC(=O)CCCCCCCCC/C=C/CCCCCCCC. The Balaban J connectivity index is 4.43. The van der Waals surface area contributed by atoms with E-state index in [1.165, 1.54) is 128 Å². The lowest BCUT2D eigenvalue weighted by Gasteiger charge is -2.24. The zero-order valence-electron chi connectivity index (χ0n) is 36.8. The van der Waals surface area contributed by atoms with Gasteiger partial charge in [0.25, 0.3) is 0 Å². The van der Waals surface area contributed by atoms with Gasteiger partial charge in [-0.25, -0.2) is 0 Å². The zero-order chi connectivity index (χ0) is 40.3. The molecule has 6 heteroatoms. The first-order valence-electron chi connectivity index (χ1n) is 24.1. The van der Waals surface area contributed by atoms with Gasteiger partial charge in [-0.3, -0.25) is 9.59 Å². The van der Waals surface area contributed by atoms with Crippen molar-refractivity contribution in [2.45, 2.75) is 270 Å². The Kier molecular flexibility index (Phi) is 42.2. The van der Waals surface area contributed by atoms with Gasteiger partial charge < -0.3 is 20.3 Å². The fourth-order valence-corrected chi connectivity index (χ4v) is 7.31. The first-order chi connectivity index (χ1) is 27.0. The number of rotatable bonds is 43. The molecule has 0 saturated heterocycles. The lowest BCUT2D eigenvalue weighted by atomic mass is 10.0. The van der Waals surface area contributed by atoms with Crippen molar-refractivity contribution in [3.05, 3.63) is 24.3 Å². The van der Waals surface area contributed by atoms with Gasteiger partial charge in [0.2, 0.25) is 5.91 Å². The molecule has 0 fully saturated rings. The van der Waals surface area contributed by atoms with Crippen LogP contribution in [0.3, 0.4) is 0 Å². The van der Waals surface area contributed by atoms with Crippen LogP contribution in [0.5, 0.6) is 0 Å². The van der Waals surface area contributed by atoms with E-state index >= 15 is 0 Å². The van der Waals surface area contributed by atoms with Crippen LogP contribution in [0, 0.1) is 0 Å². The number of carbonyl (C=O) groups is 2. The van der Waals surface area contributed by atoms with Crippen molar-refractivity contribution in [3.8, 4) is 0 Å². The van der Waals surface area contributed by atoms with E-state index in [0.29, 0.717) is 19.3 Å². The maximum absolute atomic E-state index is 13.1. The van der Waals surface area contributed by atoms with Crippen LogP contribution in [0.4, 0.5) is 0 Å². The van der Waals surface area contributed by atoms with Crippen molar-refractivity contribution in [1.82, 2.24) is 5.32 Å². The number of unbranched alkanes of at least 4 members (excludes halogenated alkanes) is 27. The normalized spacial score (nSPS) is 13.5. The summed E-state index contributed by atoms with van der Waals surface area (Å²) in [5.41, 5.74) is 0. The van der Waals surface area contributed by atoms with Gasteiger partial charge in [-0.15, -0.1) is 0 Å². The van der Waals surface area contributed by atoms with E-state index in [9.17, 15) is 19.8 Å². The van der Waals surface area contributed by atoms with Gasteiger partial charge in [0.05, 0.1) is 25.2 Å². The van der Waals surface area contributed by atoms with Crippen LogP contribution in [-0.4, -0.2) is 46.9 Å². The van der Waals surface area contributed by atoms with Gasteiger partial charge >= 0.3 is 5.97 Å². The largest absolute Gasteiger partial charge is 0.462 e. The summed E-state index contributed by atoms with van der Waals surface area (Å²) in [6, 6.07) is -0.701. The number of nitrogens with one attached hydrogen (secondary N) is 1. The molecule has 3 unspecified atom stereocenters. The quantitative estimate of drug-likeness (QED) is 0.0326. The topological polar surface area (TPSA) is 95.9 Å². The third-order valence-electron chi connectivity index (χ3n) is 11.0. The molecule has 0 saturated carbocycles. The molecular weight excluding hydrogens is 683 g/mol. The van der Waals surface area contributed by atoms with Crippen molar-refractivity contribution >= 4 is 11.9 Å². The van der Waals surface area contributed by atoms with Crippen LogP contribution in [0.2, 0.25) is 0 Å². The Morgan fingerprint density at radius 2 is 0.909 bits per heavy atom. The Hall–Kier alpha value is -1.66. The third-order valence-corrected chi connectivity index (χ3v) is 11.0. The predicted octanol–water partition coefficient (Wildman–Crippen LogP) is 14.0. The average molecular weight is 776 g/mol. The van der Waals surface area contributed by atoms with E-state index in [0.717, 1.165) is 77.0 Å². The van der Waals surface area contributed by atoms with Crippen molar-refractivity contribution in [2.24, 2.45) is 0 Å². The third kappa shape index (κ3) is 39.0. The van der Waals surface area contributed by atoms with Crippen molar-refractivity contribution in [1.29, 1.82) is 0 Å². The van der Waals surface area contributed by atoms with E-state index in [4.69, 9.17) is 4.74 Å². The summed E-state index contributed by atoms with van der Waals surface area (Å²) in [6.07, 6.45) is 48.2. The van der Waals surface area contributed by atoms with Crippen molar-refractivity contribution in [2.75, 3.05) is 6.61 Å². The maximum Gasteiger partial charge on any atom is 0.306 e. The Bertz CT molecular complexity index is 873. The van der Waals surface area contributed by atoms with Crippen LogP contribution in [0.15, 0.2) is 24.3 Å². The first-order valence-corrected chi connectivity index (χ1v) is 24.1. The summed E-state index contributed by atoms with van der Waals surface area (Å²) in [4.78, 5) is 25.9. The molecule has 1 amide bonds. The summed E-state index contributed by atoms with van der Waals surface area (Å²) in [5.74, 6) is -0.492. The molecule has 0 aromatic rings. The molecule has 324 valence electrons. The van der Waals surface area contributed by atoms with Crippen LogP contribution in [0.1, 0.15) is 252 Å². The fraction of sp³-hybridized carbons (Fsp3) is 0.878. The van der Waals surface area contributed by atoms with Gasteiger partial charge in [0.1, 0.15) is 6.10 Å². The van der Waals surface area contributed by atoms with E-state index in [1.54, 1.807) is 0 Å². The second-order valence-corrected chi connectivity index (χ2v) is 16.5. The molecule has 6 nitrogen and oxygen atoms in total. The number of esters is 1. The average Bonchev–Trinajstić information content (AvgIpc) is 3.18. The molecule has 0 spiro atoms. The molecule has 3 N–H and O–H groups in total. The maximum atomic E-state index is 13.1. The minimum absolute atomic E-state index is 0.0675. The minimum atomic E-state index is -0.786. The molecule has 55 heavy (non-hydrogen) atoms. The van der Waals surface area contributed by atoms with E-state index in [2.05, 4.69) is 50.4 Å². The number of amides is 1. The summed E-state index contributed by atoms with van der Waals surface area (Å²) in [7, 11) is 0. The van der Waals surface area contributed by atoms with Crippen LogP contribution >= 0.6 is 0 Å². The fourth-order valence-electron chi connectivity index (χ4n) is 7.31. The van der Waals surface area contributed by atoms with Crippen LogP contribution in [0.25, 0.3) is 0 Å². The Morgan fingerprint density at radius 3 is 1.38 bits per heavy atom. The minimum Gasteiger partial charge on any atom is -0.462 e. The second-order valence-electron chi connectivity index (χ2n) is 16.5. The number of hydrogen-bond acceptors (Lipinski definition) is 5. The highest BCUT2D eigenvalue weighted by molar-refractivity contribution is 5.77. The van der Waals surface area contributed by atoms with Gasteiger partial charge in [0.15, 0.2) is 0 Å². The van der Waals surface area contributed by atoms with E-state index in [-0.39, 0.29) is 24.9 Å². The summed E-state index contributed by atoms with van der Waals surface area (Å²) in [6.45, 7) is 6.40. The van der Waals surface area contributed by atoms with Crippen molar-refractivity contribution < 1.29 is 24.5 Å². The Morgan fingerprint density at radius 1 is 0.509 bits per heavy atom. The monoisotopic (exact) mass is 776 g/mol. The number of aliphatic hydroxyl groups excluding tert-OH is 2. The molecule has 0 aromatic heterocycles. The molecule has 0 rings (SSSR count). The standard InChI is InChI=1S/C49H93NO5/c1-4-7-10-13-16-19-21-22-23-24-25-26-28-30-33-36-39-42-49(54)55-45(40-37-34-31-18-15-12-9-6-3)43-48(53)50-46(44-51)47(52)41-38-35-32-29-27-20-17-14-11-8-5-2/h12,15,22-23,45-47,51-52H,4-11,13-14,16-21,24-44H2,1-3H3,(H,50,53)/b15-12-,23-22+. The zero-order valence-corrected chi connectivity index (χ0v) is 36.8. The highest BCUT2D eigenvalue weighted by Gasteiger charge is 2.24. The molecule has 3 atom stereocenters. The lowest BCUT2D eigenvalue weighted by Crippen LogP contribution is -2.46. The molecule has 0 radical (unpaired) electrons. The molecule has 0 aliphatic carbocycles. The number of ether oxygens (including phenoxy) is 1. The molecule has 0 heterocycles. The number of carbonyl (C=O) groups excluding carboxylic acids is 2. The van der Waals surface area contributed by atoms with Gasteiger partial charge in [-0.1, -0.05) is 193 Å². The van der Waals surface area contributed by atoms with Gasteiger partial charge in [-0.2, -0.15) is 0 Å². The van der Waals surface area contributed by atoms with Gasteiger partial charge in [-0.05, 0) is 70.6 Å². The summed E-state index contributed by atoms with van der Waals surface area (Å²) >= 11 is 0. The van der Waals surface area contributed by atoms with Crippen molar-refractivity contribution in [3.63, 3.8) is 0 Å². The Labute approximate surface area is 341 Å².